The lowest BCUT2D eigenvalue weighted by molar-refractivity contribution is -0.0553. The number of hydrogen-bond acceptors (Lipinski definition) is 7. The molecule has 0 amide bonds. The number of anilines is 2. The number of halogens is 2. The van der Waals surface area contributed by atoms with Gasteiger partial charge in [-0.05, 0) is 32.6 Å². The summed E-state index contributed by atoms with van der Waals surface area (Å²) < 4.78 is 36.4. The number of fused-ring (bicyclic) bond motifs is 1. The molecule has 1 aliphatic heterocycles. The summed E-state index contributed by atoms with van der Waals surface area (Å²) in [6.45, 7) is 1.97. The topological polar surface area (TPSA) is 103 Å². The van der Waals surface area contributed by atoms with E-state index in [1.54, 1.807) is 12.4 Å². The fraction of sp³-hybridized carbons (Fsp3) is 0.529. The van der Waals surface area contributed by atoms with Crippen LogP contribution in [0.5, 0.6) is 5.88 Å². The Morgan fingerprint density at radius 2 is 2.11 bits per heavy atom. The van der Waals surface area contributed by atoms with Crippen molar-refractivity contribution < 1.29 is 18.3 Å². The minimum absolute atomic E-state index is 0.209. The first-order valence-electron chi connectivity index (χ1n) is 9.07. The van der Waals surface area contributed by atoms with Crippen molar-refractivity contribution in [2.45, 2.75) is 52.1 Å². The zero-order valence-electron chi connectivity index (χ0n) is 15.5. The molecule has 9 nitrogen and oxygen atoms in total. The highest BCUT2D eigenvalue weighted by Crippen LogP contribution is 2.27. The molecule has 4 rings (SSSR count). The molecule has 2 N–H and O–H groups in total. The summed E-state index contributed by atoms with van der Waals surface area (Å²) in [6, 6.07) is 1.32. The van der Waals surface area contributed by atoms with Crippen LogP contribution in [0.2, 0.25) is 0 Å². The van der Waals surface area contributed by atoms with Gasteiger partial charge in [0, 0.05) is 12.6 Å². The van der Waals surface area contributed by atoms with Crippen LogP contribution in [-0.2, 0) is 11.3 Å². The van der Waals surface area contributed by atoms with Crippen LogP contribution in [-0.4, -0.2) is 48.8 Å². The minimum Gasteiger partial charge on any atom is -0.415 e. The van der Waals surface area contributed by atoms with Crippen LogP contribution >= 0.6 is 0 Å². The number of aromatic amines is 1. The highest BCUT2D eigenvalue weighted by atomic mass is 19.3. The predicted molar refractivity (Wildman–Crippen MR) is 96.6 cm³/mol. The summed E-state index contributed by atoms with van der Waals surface area (Å²) in [6.07, 6.45) is 5.62. The maximum absolute atomic E-state index is 12.2. The maximum atomic E-state index is 12.2. The largest absolute Gasteiger partial charge is 0.415 e. The second kappa shape index (κ2) is 7.66. The third kappa shape index (κ3) is 4.19. The molecule has 1 saturated heterocycles. The molecule has 0 bridgehead atoms. The molecule has 1 aliphatic rings. The molecule has 0 aliphatic carbocycles. The number of aromatic nitrogens is 6. The zero-order valence-corrected chi connectivity index (χ0v) is 15.5. The van der Waals surface area contributed by atoms with Crippen molar-refractivity contribution in [3.05, 3.63) is 18.5 Å². The average Bonchev–Trinajstić information content (AvgIpc) is 3.21. The van der Waals surface area contributed by atoms with Gasteiger partial charge in [-0.25, -0.2) is 14.6 Å². The Hall–Kier alpha value is -2.82. The monoisotopic (exact) mass is 393 g/mol. The number of hydrogen-bond donors (Lipinski definition) is 2. The summed E-state index contributed by atoms with van der Waals surface area (Å²) in [5.74, 6) is 1.04. The Morgan fingerprint density at radius 3 is 2.86 bits per heavy atom. The Bertz CT molecular complexity index is 935. The molecule has 150 valence electrons. The lowest BCUT2D eigenvalue weighted by Crippen LogP contribution is -2.31. The Kier molecular flexibility index (Phi) is 5.07. The van der Waals surface area contributed by atoms with Crippen molar-refractivity contribution in [1.82, 2.24) is 29.9 Å². The van der Waals surface area contributed by atoms with Crippen molar-refractivity contribution in [2.75, 3.05) is 5.32 Å². The molecule has 1 unspecified atom stereocenters. The summed E-state index contributed by atoms with van der Waals surface area (Å²) in [7, 11) is 0. The fourth-order valence-electron chi connectivity index (χ4n) is 3.64. The Balaban J connectivity index is 1.50. The van der Waals surface area contributed by atoms with Crippen molar-refractivity contribution in [2.24, 2.45) is 5.92 Å². The molecule has 0 aromatic carbocycles. The molecule has 3 atom stereocenters. The van der Waals surface area contributed by atoms with Gasteiger partial charge in [-0.15, -0.1) is 5.10 Å². The fourth-order valence-corrected chi connectivity index (χ4v) is 3.64. The van der Waals surface area contributed by atoms with Crippen LogP contribution < -0.4 is 10.1 Å². The average molecular weight is 393 g/mol. The van der Waals surface area contributed by atoms with E-state index in [1.807, 2.05) is 4.68 Å². The molecule has 4 heterocycles. The van der Waals surface area contributed by atoms with Gasteiger partial charge < -0.3 is 14.8 Å². The lowest BCUT2D eigenvalue weighted by Gasteiger charge is -2.32. The number of H-pyrrole nitrogens is 1. The van der Waals surface area contributed by atoms with Crippen LogP contribution in [0.15, 0.2) is 18.5 Å². The number of ether oxygens (including phenoxy) is 2. The van der Waals surface area contributed by atoms with Gasteiger partial charge in [0.1, 0.15) is 11.3 Å². The minimum atomic E-state index is -2.93. The lowest BCUT2D eigenvalue weighted by atomic mass is 9.92. The van der Waals surface area contributed by atoms with E-state index in [-0.39, 0.29) is 18.1 Å². The third-order valence-electron chi connectivity index (χ3n) is 4.60. The smallest absolute Gasteiger partial charge is 0.388 e. The van der Waals surface area contributed by atoms with Gasteiger partial charge in [0.2, 0.25) is 5.88 Å². The first-order valence-corrected chi connectivity index (χ1v) is 9.07. The van der Waals surface area contributed by atoms with Gasteiger partial charge in [0.25, 0.3) is 0 Å². The van der Waals surface area contributed by atoms with Crippen LogP contribution in [0.1, 0.15) is 26.7 Å². The van der Waals surface area contributed by atoms with Gasteiger partial charge in [-0.2, -0.15) is 13.9 Å². The molecule has 28 heavy (non-hydrogen) atoms. The van der Waals surface area contributed by atoms with E-state index >= 15 is 0 Å². The number of rotatable bonds is 6. The van der Waals surface area contributed by atoms with Crippen molar-refractivity contribution in [3.63, 3.8) is 0 Å². The van der Waals surface area contributed by atoms with Gasteiger partial charge >= 0.3 is 6.61 Å². The molecular formula is C17H21F2N7O2. The molecule has 0 radical (unpaired) electrons. The van der Waals surface area contributed by atoms with Gasteiger partial charge in [0.15, 0.2) is 11.5 Å². The molecule has 0 saturated carbocycles. The van der Waals surface area contributed by atoms with Crippen molar-refractivity contribution in [1.29, 1.82) is 0 Å². The van der Waals surface area contributed by atoms with E-state index in [4.69, 9.17) is 4.74 Å². The van der Waals surface area contributed by atoms with Crippen LogP contribution in [0.25, 0.3) is 11.2 Å². The maximum Gasteiger partial charge on any atom is 0.388 e. The standard InChI is InChI=1S/C17H21F2N7O2/c1-9-3-11(4-10(2)27-9)8-26-16-12(6-21-26)20-7-14(23-16)22-13-5-15(25-24-13)28-17(18)19/h5-7,9-11,17H,3-4,8H2,1-2H3,(H2,22,23,24,25)/t9-,10+,11?. The summed E-state index contributed by atoms with van der Waals surface area (Å²) in [5, 5.41) is 13.6. The summed E-state index contributed by atoms with van der Waals surface area (Å²) >= 11 is 0. The van der Waals surface area contributed by atoms with E-state index in [0.717, 1.165) is 19.4 Å². The first-order chi connectivity index (χ1) is 13.5. The SMILES string of the molecule is C[C@@H]1CC(Cn2ncc3ncc(Nc4cc(OC(F)F)n[nH]4)nc32)C[C@H](C)O1. The van der Waals surface area contributed by atoms with Crippen LogP contribution in [0.3, 0.4) is 0 Å². The predicted octanol–water partition coefficient (Wildman–Crippen LogP) is 3.10. The van der Waals surface area contributed by atoms with Crippen LogP contribution in [0, 0.1) is 5.92 Å². The highest BCUT2D eigenvalue weighted by molar-refractivity contribution is 5.71. The van der Waals surface area contributed by atoms with E-state index in [9.17, 15) is 8.78 Å². The third-order valence-corrected chi connectivity index (χ3v) is 4.60. The summed E-state index contributed by atoms with van der Waals surface area (Å²) in [4.78, 5) is 8.92. The number of alkyl halides is 2. The molecule has 11 heteroatoms. The van der Waals surface area contributed by atoms with E-state index in [1.165, 1.54) is 6.07 Å². The molecule has 3 aromatic rings. The number of nitrogens with zero attached hydrogens (tertiary/aromatic N) is 5. The van der Waals surface area contributed by atoms with Gasteiger partial charge in [0.05, 0.1) is 24.6 Å². The Labute approximate surface area is 159 Å². The quantitative estimate of drug-likeness (QED) is 0.663. The highest BCUT2D eigenvalue weighted by Gasteiger charge is 2.25. The normalized spacial score (nSPS) is 22.7. The molecule has 0 spiro atoms. The van der Waals surface area contributed by atoms with Gasteiger partial charge in [-0.3, -0.25) is 5.10 Å². The van der Waals surface area contributed by atoms with E-state index in [2.05, 4.69) is 49.2 Å². The van der Waals surface area contributed by atoms with Crippen molar-refractivity contribution in [3.8, 4) is 5.88 Å². The van der Waals surface area contributed by atoms with Crippen LogP contribution in [0.4, 0.5) is 20.4 Å². The second-order valence-electron chi connectivity index (χ2n) is 7.01. The van der Waals surface area contributed by atoms with Gasteiger partial charge in [-0.1, -0.05) is 0 Å². The zero-order chi connectivity index (χ0) is 19.7. The number of nitrogens with one attached hydrogen (secondary N) is 2. The molecule has 3 aromatic heterocycles. The van der Waals surface area contributed by atoms with Crippen molar-refractivity contribution >= 4 is 22.8 Å². The summed E-state index contributed by atoms with van der Waals surface area (Å²) in [5.41, 5.74) is 1.34. The van der Waals surface area contributed by atoms with E-state index in [0.29, 0.717) is 28.7 Å². The first kappa shape index (κ1) is 18.5. The Morgan fingerprint density at radius 1 is 1.32 bits per heavy atom. The molecule has 1 fully saturated rings. The second-order valence-corrected chi connectivity index (χ2v) is 7.01. The van der Waals surface area contributed by atoms with E-state index < -0.39 is 6.61 Å². The molecular weight excluding hydrogens is 372 g/mol.